The summed E-state index contributed by atoms with van der Waals surface area (Å²) < 4.78 is 21.8. The Labute approximate surface area is 77.5 Å². The van der Waals surface area contributed by atoms with Crippen LogP contribution >= 0.6 is 0 Å². The van der Waals surface area contributed by atoms with Crippen molar-refractivity contribution in [2.24, 2.45) is 0 Å². The molecule has 5 heteroatoms. The van der Waals surface area contributed by atoms with E-state index in [0.717, 1.165) is 0 Å². The molecule has 0 aliphatic carbocycles. The second-order valence-corrected chi connectivity index (χ2v) is 4.24. The van der Waals surface area contributed by atoms with Gasteiger partial charge in [0.05, 0.1) is 10.6 Å². The van der Waals surface area contributed by atoms with Crippen LogP contribution in [0, 0.1) is 0 Å². The number of sulfonamides is 1. The number of hydrogen-bond acceptors (Lipinski definition) is 3. The molecule has 0 bridgehead atoms. The standard InChI is InChI=1S/C8H10NO3S/c1-2-13(10,11)9-12-8-6-4-3-5-7-8/h3-7H,2H2,1H3. The molecule has 0 heterocycles. The molecule has 13 heavy (non-hydrogen) atoms. The van der Waals surface area contributed by atoms with Crippen LogP contribution in [0.2, 0.25) is 0 Å². The van der Waals surface area contributed by atoms with Crippen molar-refractivity contribution in [1.29, 1.82) is 0 Å². The minimum absolute atomic E-state index is 0.0557. The van der Waals surface area contributed by atoms with Crippen molar-refractivity contribution in [3.63, 3.8) is 0 Å². The molecule has 0 unspecified atom stereocenters. The predicted molar refractivity (Wildman–Crippen MR) is 48.7 cm³/mol. The van der Waals surface area contributed by atoms with Crippen molar-refractivity contribution in [2.75, 3.05) is 5.75 Å². The molecule has 0 amide bonds. The van der Waals surface area contributed by atoms with Gasteiger partial charge in [-0.3, -0.25) is 0 Å². The Morgan fingerprint density at radius 3 is 2.46 bits per heavy atom. The first-order chi connectivity index (χ1) is 6.14. The molecule has 0 saturated carbocycles. The number of benzene rings is 1. The van der Waals surface area contributed by atoms with Crippen molar-refractivity contribution >= 4 is 10.0 Å². The van der Waals surface area contributed by atoms with Crippen LogP contribution < -0.4 is 9.72 Å². The highest BCUT2D eigenvalue weighted by atomic mass is 32.2. The number of hydrogen-bond donors (Lipinski definition) is 0. The van der Waals surface area contributed by atoms with Crippen LogP contribution in [0.5, 0.6) is 5.75 Å². The highest BCUT2D eigenvalue weighted by Crippen LogP contribution is 2.07. The van der Waals surface area contributed by atoms with Gasteiger partial charge in [0.15, 0.2) is 5.75 Å². The number of para-hydroxylation sites is 1. The molecular formula is C8H10NO3S. The van der Waals surface area contributed by atoms with Crippen molar-refractivity contribution < 1.29 is 13.3 Å². The van der Waals surface area contributed by atoms with Gasteiger partial charge in [0.1, 0.15) is 0 Å². The molecule has 1 aromatic rings. The Bertz CT molecular complexity index is 347. The quantitative estimate of drug-likeness (QED) is 0.679. The van der Waals surface area contributed by atoms with Gasteiger partial charge in [-0.1, -0.05) is 18.2 Å². The Morgan fingerprint density at radius 1 is 1.31 bits per heavy atom. The SMILES string of the molecule is CCS(=O)(=O)[N]Oc1ccccc1. The average Bonchev–Trinajstić information content (AvgIpc) is 2.17. The minimum atomic E-state index is -3.41. The van der Waals surface area contributed by atoms with Gasteiger partial charge < -0.3 is 4.84 Å². The van der Waals surface area contributed by atoms with Crippen LogP contribution in [0.15, 0.2) is 30.3 Å². The molecule has 0 aromatic heterocycles. The number of nitrogens with zero attached hydrogens (tertiary/aromatic N) is 1. The van der Waals surface area contributed by atoms with Gasteiger partial charge in [-0.25, -0.2) is 8.42 Å². The van der Waals surface area contributed by atoms with E-state index in [1.165, 1.54) is 6.92 Å². The van der Waals surface area contributed by atoms with E-state index < -0.39 is 10.0 Å². The summed E-state index contributed by atoms with van der Waals surface area (Å²) in [5.74, 6) is 0.361. The topological polar surface area (TPSA) is 57.5 Å². The van der Waals surface area contributed by atoms with Gasteiger partial charge in [-0.15, -0.1) is 0 Å². The lowest BCUT2D eigenvalue weighted by Crippen LogP contribution is -2.21. The largest absolute Gasteiger partial charge is 0.372 e. The smallest absolute Gasteiger partial charge is 0.262 e. The maximum atomic E-state index is 10.9. The van der Waals surface area contributed by atoms with Crippen molar-refractivity contribution in [3.05, 3.63) is 30.3 Å². The first-order valence-corrected chi connectivity index (χ1v) is 5.42. The van der Waals surface area contributed by atoms with Crippen molar-refractivity contribution in [1.82, 2.24) is 4.89 Å². The van der Waals surface area contributed by atoms with Crippen LogP contribution in [-0.4, -0.2) is 14.2 Å². The summed E-state index contributed by atoms with van der Waals surface area (Å²) in [4.78, 5) is 7.82. The molecule has 4 nitrogen and oxygen atoms in total. The minimum Gasteiger partial charge on any atom is -0.372 e. The zero-order valence-corrected chi connectivity index (χ0v) is 7.99. The fraction of sp³-hybridized carbons (Fsp3) is 0.250. The van der Waals surface area contributed by atoms with Gasteiger partial charge in [0, 0.05) is 0 Å². The van der Waals surface area contributed by atoms with Crippen LogP contribution in [0.1, 0.15) is 6.92 Å². The summed E-state index contributed by atoms with van der Waals surface area (Å²) >= 11 is 0. The van der Waals surface area contributed by atoms with Crippen molar-refractivity contribution in [2.45, 2.75) is 6.92 Å². The molecule has 0 N–H and O–H groups in total. The predicted octanol–water partition coefficient (Wildman–Crippen LogP) is 0.935. The summed E-state index contributed by atoms with van der Waals surface area (Å²) in [5.41, 5.74) is 0. The molecular weight excluding hydrogens is 190 g/mol. The van der Waals surface area contributed by atoms with Crippen LogP contribution in [-0.2, 0) is 10.0 Å². The molecule has 0 atom stereocenters. The molecule has 1 radical (unpaired) electrons. The zero-order valence-electron chi connectivity index (χ0n) is 7.17. The normalized spacial score (nSPS) is 11.2. The first-order valence-electron chi connectivity index (χ1n) is 3.81. The molecule has 0 aliphatic heterocycles. The van der Waals surface area contributed by atoms with Gasteiger partial charge in [0.25, 0.3) is 10.0 Å². The fourth-order valence-corrected chi connectivity index (χ4v) is 0.939. The summed E-state index contributed by atoms with van der Waals surface area (Å²) in [7, 11) is -3.41. The van der Waals surface area contributed by atoms with Gasteiger partial charge in [-0.05, 0) is 19.1 Å². The monoisotopic (exact) mass is 200 g/mol. The zero-order chi connectivity index (χ0) is 9.73. The Hall–Kier alpha value is -1.07. The summed E-state index contributed by atoms with van der Waals surface area (Å²) in [5, 5.41) is 0. The highest BCUT2D eigenvalue weighted by molar-refractivity contribution is 7.89. The molecule has 0 aliphatic rings. The van der Waals surface area contributed by atoms with E-state index in [-0.39, 0.29) is 5.75 Å². The summed E-state index contributed by atoms with van der Waals surface area (Å²) in [6.45, 7) is 1.51. The highest BCUT2D eigenvalue weighted by Gasteiger charge is 2.09. The lowest BCUT2D eigenvalue weighted by Gasteiger charge is -2.01. The molecule has 1 aromatic carbocycles. The van der Waals surface area contributed by atoms with Gasteiger partial charge in [-0.2, -0.15) is 0 Å². The van der Waals surface area contributed by atoms with E-state index in [0.29, 0.717) is 5.75 Å². The summed E-state index contributed by atoms with van der Waals surface area (Å²) in [6, 6.07) is 8.55. The second kappa shape index (κ2) is 4.25. The fourth-order valence-electron chi connectivity index (χ4n) is 0.634. The first kappa shape index (κ1) is 10.0. The average molecular weight is 200 g/mol. The molecule has 0 spiro atoms. The molecule has 71 valence electrons. The van der Waals surface area contributed by atoms with E-state index in [9.17, 15) is 8.42 Å². The second-order valence-electron chi connectivity index (χ2n) is 2.35. The molecule has 1 rings (SSSR count). The third kappa shape index (κ3) is 3.43. The van der Waals surface area contributed by atoms with E-state index in [1.807, 2.05) is 0 Å². The van der Waals surface area contributed by atoms with E-state index >= 15 is 0 Å². The van der Waals surface area contributed by atoms with Gasteiger partial charge in [0.2, 0.25) is 0 Å². The van der Waals surface area contributed by atoms with Crippen LogP contribution in [0.4, 0.5) is 0 Å². The summed E-state index contributed by atoms with van der Waals surface area (Å²) in [6.07, 6.45) is 0. The maximum absolute atomic E-state index is 10.9. The maximum Gasteiger partial charge on any atom is 0.262 e. The van der Waals surface area contributed by atoms with Gasteiger partial charge >= 0.3 is 0 Å². The van der Waals surface area contributed by atoms with Crippen LogP contribution in [0.25, 0.3) is 0 Å². The lowest BCUT2D eigenvalue weighted by atomic mass is 10.3. The van der Waals surface area contributed by atoms with E-state index in [1.54, 1.807) is 30.3 Å². The van der Waals surface area contributed by atoms with Crippen LogP contribution in [0.3, 0.4) is 0 Å². The third-order valence-corrected chi connectivity index (χ3v) is 2.40. The van der Waals surface area contributed by atoms with E-state index in [4.69, 9.17) is 4.84 Å². The van der Waals surface area contributed by atoms with E-state index in [2.05, 4.69) is 4.89 Å². The van der Waals surface area contributed by atoms with Crippen molar-refractivity contribution in [3.8, 4) is 5.75 Å². The lowest BCUT2D eigenvalue weighted by molar-refractivity contribution is 0.260. The number of rotatable bonds is 4. The third-order valence-electron chi connectivity index (χ3n) is 1.36. The Balaban J connectivity index is 2.54. The molecule has 0 fully saturated rings. The Kier molecular flexibility index (Phi) is 3.27. The molecule has 0 saturated heterocycles. The Morgan fingerprint density at radius 2 is 1.92 bits per heavy atom.